The molecule has 88 valence electrons. The fourth-order valence-corrected chi connectivity index (χ4v) is 1.94. The quantitative estimate of drug-likeness (QED) is 0.786. The second-order valence-electron chi connectivity index (χ2n) is 3.39. The summed E-state index contributed by atoms with van der Waals surface area (Å²) >= 11 is 1.03. The molecule has 0 aliphatic rings. The van der Waals surface area contributed by atoms with Crippen LogP contribution in [0.4, 0.5) is 4.39 Å². The van der Waals surface area contributed by atoms with Gasteiger partial charge >= 0.3 is 0 Å². The van der Waals surface area contributed by atoms with E-state index in [-0.39, 0.29) is 11.0 Å². The summed E-state index contributed by atoms with van der Waals surface area (Å²) in [6.07, 6.45) is 0. The molecule has 1 aromatic heterocycles. The van der Waals surface area contributed by atoms with E-state index in [1.165, 1.54) is 19.1 Å². The minimum atomic E-state index is -0.474. The number of halogens is 1. The van der Waals surface area contributed by atoms with E-state index < -0.39 is 5.82 Å². The van der Waals surface area contributed by atoms with Crippen LogP contribution < -0.4 is 0 Å². The molecule has 2 aromatic rings. The number of carbonyl (C=O) groups is 1. The van der Waals surface area contributed by atoms with Crippen LogP contribution in [-0.4, -0.2) is 16.0 Å². The van der Waals surface area contributed by atoms with Gasteiger partial charge in [0.05, 0.1) is 4.90 Å². The molecule has 0 fully saturated rings. The third kappa shape index (κ3) is 2.71. The highest BCUT2D eigenvalue weighted by atomic mass is 32.2. The van der Waals surface area contributed by atoms with Gasteiger partial charge in [-0.3, -0.25) is 4.79 Å². The van der Waals surface area contributed by atoms with Crippen LogP contribution in [0.2, 0.25) is 0 Å². The molecule has 0 saturated heterocycles. The average Bonchev–Trinajstić information content (AvgIpc) is 2.67. The monoisotopic (exact) mass is 252 g/mol. The number of hydrogen-bond donors (Lipinski definition) is 0. The number of aromatic nitrogens is 2. The molecule has 6 heteroatoms. The van der Waals surface area contributed by atoms with E-state index >= 15 is 0 Å². The van der Waals surface area contributed by atoms with Gasteiger partial charge in [-0.1, -0.05) is 6.07 Å². The molecular formula is C11H9FN2O2S. The summed E-state index contributed by atoms with van der Waals surface area (Å²) in [6, 6.07) is 4.29. The van der Waals surface area contributed by atoms with E-state index in [0.717, 1.165) is 11.8 Å². The number of aryl methyl sites for hydroxylation is 1. The zero-order valence-electron chi connectivity index (χ0n) is 9.23. The van der Waals surface area contributed by atoms with Crippen molar-refractivity contribution >= 4 is 17.5 Å². The maximum absolute atomic E-state index is 13.6. The fraction of sp³-hybridized carbons (Fsp3) is 0.182. The van der Waals surface area contributed by atoms with Gasteiger partial charge in [-0.15, -0.1) is 10.2 Å². The van der Waals surface area contributed by atoms with Gasteiger partial charge in [-0.05, 0) is 30.8 Å². The average molecular weight is 252 g/mol. The molecule has 0 atom stereocenters. The van der Waals surface area contributed by atoms with E-state index in [0.29, 0.717) is 16.3 Å². The van der Waals surface area contributed by atoms with E-state index in [2.05, 4.69) is 10.2 Å². The molecule has 1 heterocycles. The van der Waals surface area contributed by atoms with Gasteiger partial charge < -0.3 is 4.42 Å². The molecular weight excluding hydrogens is 243 g/mol. The van der Waals surface area contributed by atoms with Crippen LogP contribution in [0.1, 0.15) is 23.2 Å². The highest BCUT2D eigenvalue weighted by Crippen LogP contribution is 2.29. The van der Waals surface area contributed by atoms with Gasteiger partial charge in [0.2, 0.25) is 5.89 Å². The Labute approximate surface area is 101 Å². The Balaban J connectivity index is 2.25. The molecule has 17 heavy (non-hydrogen) atoms. The van der Waals surface area contributed by atoms with Crippen LogP contribution in [0.5, 0.6) is 0 Å². The van der Waals surface area contributed by atoms with E-state index in [1.807, 2.05) is 0 Å². The van der Waals surface area contributed by atoms with Crippen molar-refractivity contribution in [2.24, 2.45) is 0 Å². The largest absolute Gasteiger partial charge is 0.416 e. The molecule has 2 rings (SSSR count). The molecule has 0 bridgehead atoms. The SMILES string of the molecule is CC(=O)c1ccc(Sc2nnc(C)o2)c(F)c1. The Morgan fingerprint density at radius 3 is 2.71 bits per heavy atom. The van der Waals surface area contributed by atoms with E-state index in [4.69, 9.17) is 4.42 Å². The van der Waals surface area contributed by atoms with Gasteiger partial charge in [-0.2, -0.15) is 0 Å². The summed E-state index contributed by atoms with van der Waals surface area (Å²) in [6.45, 7) is 3.05. The Morgan fingerprint density at radius 1 is 1.41 bits per heavy atom. The molecule has 0 aliphatic heterocycles. The molecule has 0 spiro atoms. The number of Topliss-reactive ketones (excluding diaryl/α,β-unsaturated/α-hetero) is 1. The molecule has 4 nitrogen and oxygen atoms in total. The second-order valence-corrected chi connectivity index (χ2v) is 4.38. The van der Waals surface area contributed by atoms with Gasteiger partial charge in [0.25, 0.3) is 5.22 Å². The highest BCUT2D eigenvalue weighted by molar-refractivity contribution is 7.99. The van der Waals surface area contributed by atoms with E-state index in [9.17, 15) is 9.18 Å². The van der Waals surface area contributed by atoms with Crippen LogP contribution in [0.3, 0.4) is 0 Å². The van der Waals surface area contributed by atoms with Crippen molar-refractivity contribution in [1.82, 2.24) is 10.2 Å². The fourth-order valence-electron chi connectivity index (χ4n) is 1.22. The minimum Gasteiger partial charge on any atom is -0.416 e. The van der Waals surface area contributed by atoms with Gasteiger partial charge in [0.1, 0.15) is 5.82 Å². The first-order chi connectivity index (χ1) is 8.06. The molecule has 1 aromatic carbocycles. The summed E-state index contributed by atoms with van der Waals surface area (Å²) in [4.78, 5) is 11.4. The van der Waals surface area contributed by atoms with Crippen molar-refractivity contribution in [3.05, 3.63) is 35.5 Å². The first kappa shape index (κ1) is 11.8. The molecule has 0 radical (unpaired) electrons. The standard InChI is InChI=1S/C11H9FN2O2S/c1-6(15)8-3-4-10(9(12)5-8)17-11-14-13-7(2)16-11/h3-5H,1-2H3. The number of benzene rings is 1. The number of ketones is 1. The predicted octanol–water partition coefficient (Wildman–Crippen LogP) is 2.87. The first-order valence-corrected chi connectivity index (χ1v) is 5.66. The van der Waals surface area contributed by atoms with Crippen LogP contribution in [0.25, 0.3) is 0 Å². The van der Waals surface area contributed by atoms with Gasteiger partial charge in [-0.25, -0.2) is 4.39 Å². The number of carbonyl (C=O) groups excluding carboxylic acids is 1. The second kappa shape index (κ2) is 4.67. The summed E-state index contributed by atoms with van der Waals surface area (Å²) in [5.74, 6) is -0.221. The molecule has 0 amide bonds. The van der Waals surface area contributed by atoms with Crippen molar-refractivity contribution in [3.63, 3.8) is 0 Å². The van der Waals surface area contributed by atoms with Crippen LogP contribution in [0.15, 0.2) is 32.7 Å². The summed E-state index contributed by atoms with van der Waals surface area (Å²) in [5.41, 5.74) is 0.341. The topological polar surface area (TPSA) is 56.0 Å². The third-order valence-electron chi connectivity index (χ3n) is 2.04. The lowest BCUT2D eigenvalue weighted by Crippen LogP contribution is -1.93. The molecule has 0 N–H and O–H groups in total. The van der Waals surface area contributed by atoms with Crippen LogP contribution >= 0.6 is 11.8 Å². The lowest BCUT2D eigenvalue weighted by Gasteiger charge is -2.01. The van der Waals surface area contributed by atoms with Crippen molar-refractivity contribution in [2.75, 3.05) is 0 Å². The van der Waals surface area contributed by atoms with Crippen molar-refractivity contribution < 1.29 is 13.6 Å². The predicted molar refractivity (Wildman–Crippen MR) is 59.6 cm³/mol. The maximum atomic E-state index is 13.6. The number of rotatable bonds is 3. The van der Waals surface area contributed by atoms with Crippen molar-refractivity contribution in [3.8, 4) is 0 Å². The third-order valence-corrected chi connectivity index (χ3v) is 2.93. The highest BCUT2D eigenvalue weighted by Gasteiger charge is 2.11. The van der Waals surface area contributed by atoms with E-state index in [1.54, 1.807) is 13.0 Å². The van der Waals surface area contributed by atoms with Crippen LogP contribution in [0, 0.1) is 12.7 Å². The summed E-state index contributed by atoms with van der Waals surface area (Å²) in [7, 11) is 0. The smallest absolute Gasteiger partial charge is 0.281 e. The lowest BCUT2D eigenvalue weighted by molar-refractivity contribution is 0.101. The van der Waals surface area contributed by atoms with Crippen molar-refractivity contribution in [2.45, 2.75) is 24.0 Å². The Hall–Kier alpha value is -1.69. The molecule has 0 saturated carbocycles. The Bertz CT molecular complexity index is 568. The number of hydrogen-bond acceptors (Lipinski definition) is 5. The molecule has 0 unspecified atom stereocenters. The maximum Gasteiger partial charge on any atom is 0.281 e. The zero-order chi connectivity index (χ0) is 12.4. The lowest BCUT2D eigenvalue weighted by atomic mass is 10.1. The summed E-state index contributed by atoms with van der Waals surface area (Å²) in [5, 5.41) is 7.67. The normalized spacial score (nSPS) is 10.5. The summed E-state index contributed by atoms with van der Waals surface area (Å²) < 4.78 is 18.8. The number of nitrogens with zero attached hydrogens (tertiary/aromatic N) is 2. The first-order valence-electron chi connectivity index (χ1n) is 4.84. The van der Waals surface area contributed by atoms with Gasteiger partial charge in [0, 0.05) is 12.5 Å². The zero-order valence-corrected chi connectivity index (χ0v) is 10.0. The van der Waals surface area contributed by atoms with Crippen molar-refractivity contribution in [1.29, 1.82) is 0 Å². The van der Waals surface area contributed by atoms with Gasteiger partial charge in [0.15, 0.2) is 5.78 Å². The van der Waals surface area contributed by atoms with Crippen LogP contribution in [-0.2, 0) is 0 Å². The Morgan fingerprint density at radius 2 is 2.18 bits per heavy atom. The molecule has 0 aliphatic carbocycles. The Kier molecular flexibility index (Phi) is 3.23. The minimum absolute atomic E-state index is 0.172.